The first-order valence-corrected chi connectivity index (χ1v) is 8.89. The molecule has 0 N–H and O–H groups in total. The highest BCUT2D eigenvalue weighted by molar-refractivity contribution is 7.21. The van der Waals surface area contributed by atoms with E-state index in [9.17, 15) is 9.59 Å². The minimum atomic E-state index is -0.447. The maximum atomic E-state index is 12.3. The summed E-state index contributed by atoms with van der Waals surface area (Å²) in [5.41, 5.74) is 0.501. The van der Waals surface area contributed by atoms with Crippen molar-refractivity contribution in [2.75, 3.05) is 13.2 Å². The maximum Gasteiger partial charge on any atom is 0.352 e. The van der Waals surface area contributed by atoms with Crippen molar-refractivity contribution in [2.24, 2.45) is 0 Å². The number of thiophene rings is 1. The molecule has 0 aliphatic carbocycles. The second-order valence-electron chi connectivity index (χ2n) is 5.20. The van der Waals surface area contributed by atoms with E-state index in [2.05, 4.69) is 0 Å². The summed E-state index contributed by atoms with van der Waals surface area (Å²) in [5.74, 6) is -0.249. The van der Waals surface area contributed by atoms with Gasteiger partial charge in [0.15, 0.2) is 23.0 Å². The number of rotatable bonds is 6. The molecule has 0 bridgehead atoms. The molecule has 0 saturated heterocycles. The second-order valence-corrected chi connectivity index (χ2v) is 6.68. The molecule has 1 aromatic heterocycles. The van der Waals surface area contributed by atoms with E-state index in [1.54, 1.807) is 31.2 Å². The van der Waals surface area contributed by atoms with Crippen LogP contribution in [-0.4, -0.2) is 25.0 Å². The lowest BCUT2D eigenvalue weighted by molar-refractivity contribution is 0.0526. The van der Waals surface area contributed by atoms with Crippen molar-refractivity contribution >= 4 is 44.8 Å². The minimum absolute atomic E-state index is 0.172. The largest absolute Gasteiger partial charge is 0.483 e. The van der Waals surface area contributed by atoms with Gasteiger partial charge in [-0.05, 0) is 43.3 Å². The Labute approximate surface area is 153 Å². The SMILES string of the molecule is CCOC(=O)c1sc2ccccc2c1OCC(=O)c1ccc(Cl)cc1. The van der Waals surface area contributed by atoms with Crippen LogP contribution in [0.2, 0.25) is 5.02 Å². The Morgan fingerprint density at radius 1 is 1.08 bits per heavy atom. The molecular weight excluding hydrogens is 360 g/mol. The quantitative estimate of drug-likeness (QED) is 0.450. The zero-order valence-electron chi connectivity index (χ0n) is 13.5. The molecule has 4 nitrogen and oxygen atoms in total. The van der Waals surface area contributed by atoms with Gasteiger partial charge in [-0.3, -0.25) is 4.79 Å². The Bertz CT molecular complexity index is 915. The zero-order valence-corrected chi connectivity index (χ0v) is 15.0. The summed E-state index contributed by atoms with van der Waals surface area (Å²) < 4.78 is 11.7. The van der Waals surface area contributed by atoms with Gasteiger partial charge in [-0.1, -0.05) is 23.7 Å². The third-order valence-corrected chi connectivity index (χ3v) is 4.91. The van der Waals surface area contributed by atoms with Crippen molar-refractivity contribution in [2.45, 2.75) is 6.92 Å². The molecular formula is C19H15ClO4S. The number of halogens is 1. The number of hydrogen-bond donors (Lipinski definition) is 0. The van der Waals surface area contributed by atoms with Crippen molar-refractivity contribution < 1.29 is 19.1 Å². The van der Waals surface area contributed by atoms with E-state index in [0.717, 1.165) is 10.1 Å². The highest BCUT2D eigenvalue weighted by Gasteiger charge is 2.21. The molecule has 6 heteroatoms. The summed E-state index contributed by atoms with van der Waals surface area (Å²) in [5, 5.41) is 1.35. The predicted molar refractivity (Wildman–Crippen MR) is 99.1 cm³/mol. The Kier molecular flexibility index (Phi) is 5.36. The average molecular weight is 375 g/mol. The standard InChI is InChI=1S/C19H15ClO4S/c1-2-23-19(22)18-17(14-5-3-4-6-16(14)25-18)24-11-15(21)12-7-9-13(20)10-8-12/h3-10H,2,11H2,1H3. The van der Waals surface area contributed by atoms with Gasteiger partial charge >= 0.3 is 5.97 Å². The number of hydrogen-bond acceptors (Lipinski definition) is 5. The summed E-state index contributed by atoms with van der Waals surface area (Å²) in [6.07, 6.45) is 0. The predicted octanol–water partition coefficient (Wildman–Crippen LogP) is 4.99. The lowest BCUT2D eigenvalue weighted by Gasteiger charge is -2.07. The Balaban J connectivity index is 1.86. The van der Waals surface area contributed by atoms with Gasteiger partial charge in [0.05, 0.1) is 6.61 Å². The van der Waals surface area contributed by atoms with Gasteiger partial charge in [-0.15, -0.1) is 11.3 Å². The van der Waals surface area contributed by atoms with Gasteiger partial charge in [0.1, 0.15) is 0 Å². The summed E-state index contributed by atoms with van der Waals surface area (Å²) in [4.78, 5) is 24.9. The molecule has 25 heavy (non-hydrogen) atoms. The van der Waals surface area contributed by atoms with E-state index < -0.39 is 5.97 Å². The Hall–Kier alpha value is -2.37. The molecule has 1 heterocycles. The lowest BCUT2D eigenvalue weighted by Crippen LogP contribution is -2.13. The highest BCUT2D eigenvalue weighted by atomic mass is 35.5. The van der Waals surface area contributed by atoms with Crippen molar-refractivity contribution in [3.63, 3.8) is 0 Å². The van der Waals surface area contributed by atoms with E-state index in [0.29, 0.717) is 21.2 Å². The summed E-state index contributed by atoms with van der Waals surface area (Å²) >= 11 is 7.13. The van der Waals surface area contributed by atoms with E-state index in [1.165, 1.54) is 11.3 Å². The van der Waals surface area contributed by atoms with Crippen molar-refractivity contribution in [1.82, 2.24) is 0 Å². The van der Waals surface area contributed by atoms with E-state index in [-0.39, 0.29) is 19.0 Å². The van der Waals surface area contributed by atoms with E-state index in [4.69, 9.17) is 21.1 Å². The summed E-state index contributed by atoms with van der Waals surface area (Å²) in [6.45, 7) is 1.85. The van der Waals surface area contributed by atoms with Crippen molar-refractivity contribution in [3.8, 4) is 5.75 Å². The van der Waals surface area contributed by atoms with Gasteiger partial charge in [-0.2, -0.15) is 0 Å². The van der Waals surface area contributed by atoms with Crippen LogP contribution in [0.15, 0.2) is 48.5 Å². The fraction of sp³-hybridized carbons (Fsp3) is 0.158. The van der Waals surface area contributed by atoms with Gasteiger partial charge < -0.3 is 9.47 Å². The molecule has 0 aliphatic heterocycles. The van der Waals surface area contributed by atoms with Gasteiger partial charge in [0.2, 0.25) is 0 Å². The number of ketones is 1. The molecule has 0 unspecified atom stereocenters. The topological polar surface area (TPSA) is 52.6 Å². The molecule has 0 fully saturated rings. The van der Waals surface area contributed by atoms with Gasteiger partial charge in [0, 0.05) is 20.7 Å². The van der Waals surface area contributed by atoms with E-state index in [1.807, 2.05) is 24.3 Å². The van der Waals surface area contributed by atoms with Crippen LogP contribution in [0, 0.1) is 0 Å². The zero-order chi connectivity index (χ0) is 17.8. The minimum Gasteiger partial charge on any atom is -0.483 e. The van der Waals surface area contributed by atoms with Crippen LogP contribution in [0.4, 0.5) is 0 Å². The number of carbonyl (C=O) groups excluding carboxylic acids is 2. The number of ether oxygens (including phenoxy) is 2. The van der Waals surface area contributed by atoms with Crippen LogP contribution in [-0.2, 0) is 4.74 Å². The van der Waals surface area contributed by atoms with Gasteiger partial charge in [0.25, 0.3) is 0 Å². The molecule has 2 aromatic carbocycles. The summed E-state index contributed by atoms with van der Waals surface area (Å²) in [6, 6.07) is 14.1. The normalized spacial score (nSPS) is 10.6. The number of fused-ring (bicyclic) bond motifs is 1. The first-order valence-electron chi connectivity index (χ1n) is 7.70. The highest BCUT2D eigenvalue weighted by Crippen LogP contribution is 2.38. The maximum absolute atomic E-state index is 12.3. The Morgan fingerprint density at radius 3 is 2.52 bits per heavy atom. The molecule has 0 radical (unpaired) electrons. The van der Waals surface area contributed by atoms with Crippen LogP contribution < -0.4 is 4.74 Å². The lowest BCUT2D eigenvalue weighted by atomic mass is 10.1. The second kappa shape index (κ2) is 7.68. The molecule has 3 rings (SSSR count). The number of Topliss-reactive ketones (excluding diaryl/α,β-unsaturated/α-hetero) is 1. The molecule has 0 spiro atoms. The van der Waals surface area contributed by atoms with Gasteiger partial charge in [-0.25, -0.2) is 4.79 Å². The number of esters is 1. The average Bonchev–Trinajstić information content (AvgIpc) is 2.99. The molecule has 3 aromatic rings. The smallest absolute Gasteiger partial charge is 0.352 e. The van der Waals surface area contributed by atoms with Crippen LogP contribution in [0.25, 0.3) is 10.1 Å². The molecule has 0 aliphatic rings. The fourth-order valence-electron chi connectivity index (χ4n) is 2.35. The molecule has 128 valence electrons. The van der Waals surface area contributed by atoms with Crippen LogP contribution in [0.1, 0.15) is 27.0 Å². The first-order chi connectivity index (χ1) is 12.1. The molecule has 0 atom stereocenters. The van der Waals surface area contributed by atoms with E-state index >= 15 is 0 Å². The third-order valence-electron chi connectivity index (χ3n) is 3.52. The van der Waals surface area contributed by atoms with Crippen LogP contribution >= 0.6 is 22.9 Å². The third kappa shape index (κ3) is 3.83. The monoisotopic (exact) mass is 374 g/mol. The van der Waals surface area contributed by atoms with Crippen molar-refractivity contribution in [3.05, 3.63) is 64.0 Å². The van der Waals surface area contributed by atoms with Crippen LogP contribution in [0.5, 0.6) is 5.75 Å². The number of carbonyl (C=O) groups is 2. The van der Waals surface area contributed by atoms with Crippen molar-refractivity contribution in [1.29, 1.82) is 0 Å². The summed E-state index contributed by atoms with van der Waals surface area (Å²) in [7, 11) is 0. The molecule has 0 amide bonds. The van der Waals surface area contributed by atoms with Crippen LogP contribution in [0.3, 0.4) is 0 Å². The first kappa shape index (κ1) is 17.5. The Morgan fingerprint density at radius 2 is 1.80 bits per heavy atom. The fourth-order valence-corrected chi connectivity index (χ4v) is 3.52. The molecule has 0 saturated carbocycles. The number of benzene rings is 2.